The van der Waals surface area contributed by atoms with Crippen molar-refractivity contribution in [3.05, 3.63) is 113 Å². The molecule has 2 N–H and O–H groups in total. The molecule has 218 valence electrons. The standard InChI is InChI=1S/C32H33FN4O5/c1-31(2,3)23-9-11-25(12-10-23)37(30(39)26-17-27(42-36-26)32(40)19-41-20-32)28(22-7-5-14-34-18-22)29(38)35-15-13-21-6-4-8-24(33)16-21/h4-12,14,16-18,28,40H,13,15,19-20H2,1-3H3,(H,35,38). The lowest BCUT2D eigenvalue weighted by molar-refractivity contribution is -0.195. The molecule has 0 radical (unpaired) electrons. The molecule has 2 aromatic carbocycles. The van der Waals surface area contributed by atoms with Gasteiger partial charge in [-0.25, -0.2) is 4.39 Å². The van der Waals surface area contributed by atoms with Crippen LogP contribution in [0.3, 0.4) is 0 Å². The molecule has 0 bridgehead atoms. The van der Waals surface area contributed by atoms with Gasteiger partial charge < -0.3 is 19.7 Å². The molecule has 10 heteroatoms. The van der Waals surface area contributed by atoms with Crippen molar-refractivity contribution in [2.45, 2.75) is 44.2 Å². The van der Waals surface area contributed by atoms with E-state index < -0.39 is 23.5 Å². The Kier molecular flexibility index (Phi) is 8.20. The lowest BCUT2D eigenvalue weighted by Crippen LogP contribution is -2.46. The number of rotatable bonds is 9. The molecule has 4 aromatic rings. The van der Waals surface area contributed by atoms with Crippen molar-refractivity contribution in [3.63, 3.8) is 0 Å². The summed E-state index contributed by atoms with van der Waals surface area (Å²) >= 11 is 0. The number of pyridine rings is 1. The van der Waals surface area contributed by atoms with Gasteiger partial charge in [0.15, 0.2) is 17.1 Å². The summed E-state index contributed by atoms with van der Waals surface area (Å²) in [4.78, 5) is 33.6. The second kappa shape index (κ2) is 11.8. The highest BCUT2D eigenvalue weighted by Gasteiger charge is 2.43. The fourth-order valence-electron chi connectivity index (χ4n) is 4.74. The first-order chi connectivity index (χ1) is 20.0. The van der Waals surface area contributed by atoms with Gasteiger partial charge in [0.1, 0.15) is 11.9 Å². The Balaban J connectivity index is 1.51. The number of amides is 2. The van der Waals surface area contributed by atoms with Gasteiger partial charge >= 0.3 is 0 Å². The van der Waals surface area contributed by atoms with Gasteiger partial charge in [-0.1, -0.05) is 56.3 Å². The zero-order valence-electron chi connectivity index (χ0n) is 23.7. The first-order valence-corrected chi connectivity index (χ1v) is 13.7. The Morgan fingerprint density at radius 3 is 2.48 bits per heavy atom. The second-order valence-electron chi connectivity index (χ2n) is 11.4. The lowest BCUT2D eigenvalue weighted by atomic mass is 9.87. The maximum Gasteiger partial charge on any atom is 0.281 e. The van der Waals surface area contributed by atoms with Gasteiger partial charge in [0.25, 0.3) is 5.91 Å². The Labute approximate surface area is 243 Å². The smallest absolute Gasteiger partial charge is 0.281 e. The molecule has 1 aliphatic rings. The maximum absolute atomic E-state index is 14.2. The van der Waals surface area contributed by atoms with Crippen LogP contribution in [0.5, 0.6) is 0 Å². The molecule has 1 saturated heterocycles. The van der Waals surface area contributed by atoms with Crippen LogP contribution >= 0.6 is 0 Å². The molecule has 42 heavy (non-hydrogen) atoms. The lowest BCUT2D eigenvalue weighted by Gasteiger charge is -2.33. The average Bonchev–Trinajstić information content (AvgIpc) is 3.45. The van der Waals surface area contributed by atoms with Gasteiger partial charge in [0, 0.05) is 36.3 Å². The number of anilines is 1. The Morgan fingerprint density at radius 2 is 1.86 bits per heavy atom. The van der Waals surface area contributed by atoms with Crippen molar-refractivity contribution in [1.29, 1.82) is 0 Å². The summed E-state index contributed by atoms with van der Waals surface area (Å²) in [5, 5.41) is 17.5. The number of nitrogens with one attached hydrogen (secondary N) is 1. The molecule has 5 rings (SSSR count). The summed E-state index contributed by atoms with van der Waals surface area (Å²) in [6.45, 7) is 6.52. The van der Waals surface area contributed by atoms with E-state index in [1.165, 1.54) is 29.3 Å². The predicted octanol–water partition coefficient (Wildman–Crippen LogP) is 4.47. The molecule has 0 saturated carbocycles. The van der Waals surface area contributed by atoms with Crippen LogP contribution in [0, 0.1) is 5.82 Å². The normalized spacial score (nSPS) is 15.0. The van der Waals surface area contributed by atoms with E-state index in [2.05, 4.69) is 36.2 Å². The third-order valence-electron chi connectivity index (χ3n) is 7.21. The number of aliphatic hydroxyl groups is 1. The summed E-state index contributed by atoms with van der Waals surface area (Å²) in [7, 11) is 0. The van der Waals surface area contributed by atoms with E-state index in [4.69, 9.17) is 9.26 Å². The van der Waals surface area contributed by atoms with Crippen LogP contribution in [0.4, 0.5) is 10.1 Å². The number of hydrogen-bond donors (Lipinski definition) is 2. The maximum atomic E-state index is 14.2. The Hall–Kier alpha value is -4.41. The van der Waals surface area contributed by atoms with E-state index in [-0.39, 0.29) is 42.4 Å². The molecular formula is C32H33FN4O5. The van der Waals surface area contributed by atoms with Crippen molar-refractivity contribution in [1.82, 2.24) is 15.5 Å². The van der Waals surface area contributed by atoms with Gasteiger partial charge in [-0.3, -0.25) is 19.5 Å². The van der Waals surface area contributed by atoms with Crippen LogP contribution in [-0.2, 0) is 27.0 Å². The predicted molar refractivity (Wildman–Crippen MR) is 153 cm³/mol. The number of ether oxygens (including phenoxy) is 1. The highest BCUT2D eigenvalue weighted by atomic mass is 19.1. The third kappa shape index (κ3) is 6.24. The van der Waals surface area contributed by atoms with Gasteiger partial charge in [0.05, 0.1) is 13.2 Å². The van der Waals surface area contributed by atoms with Crippen LogP contribution < -0.4 is 10.2 Å². The summed E-state index contributed by atoms with van der Waals surface area (Å²) in [5.41, 5.74) is 1.14. The van der Waals surface area contributed by atoms with Crippen molar-refractivity contribution < 1.29 is 28.3 Å². The number of benzene rings is 2. The summed E-state index contributed by atoms with van der Waals surface area (Å²) in [6, 6.07) is 17.2. The van der Waals surface area contributed by atoms with Gasteiger partial charge in [0.2, 0.25) is 5.91 Å². The molecule has 3 heterocycles. The zero-order valence-corrected chi connectivity index (χ0v) is 23.7. The van der Waals surface area contributed by atoms with Crippen LogP contribution in [0.2, 0.25) is 0 Å². The van der Waals surface area contributed by atoms with Crippen LogP contribution in [-0.4, -0.2) is 46.8 Å². The fraction of sp³-hybridized carbons (Fsp3) is 0.312. The number of halogens is 1. The topological polar surface area (TPSA) is 118 Å². The average molecular weight is 573 g/mol. The molecule has 1 unspecified atom stereocenters. The number of carbonyl (C=O) groups is 2. The molecule has 9 nitrogen and oxygen atoms in total. The highest BCUT2D eigenvalue weighted by Crippen LogP contribution is 2.34. The number of hydrogen-bond acceptors (Lipinski definition) is 7. The summed E-state index contributed by atoms with van der Waals surface area (Å²) < 4.78 is 24.1. The Morgan fingerprint density at radius 1 is 1.10 bits per heavy atom. The monoisotopic (exact) mass is 572 g/mol. The largest absolute Gasteiger partial charge is 0.377 e. The molecule has 2 aromatic heterocycles. The molecule has 1 aliphatic heterocycles. The van der Waals surface area contributed by atoms with Crippen molar-refractivity contribution >= 4 is 17.5 Å². The van der Waals surface area contributed by atoms with Crippen LogP contribution in [0.1, 0.15) is 59.8 Å². The van der Waals surface area contributed by atoms with Crippen molar-refractivity contribution in [2.24, 2.45) is 0 Å². The minimum atomic E-state index is -1.36. The van der Waals surface area contributed by atoms with Gasteiger partial charge in [-0.05, 0) is 53.3 Å². The molecule has 0 aliphatic carbocycles. The second-order valence-corrected chi connectivity index (χ2v) is 11.4. The van der Waals surface area contributed by atoms with E-state index >= 15 is 0 Å². The highest BCUT2D eigenvalue weighted by molar-refractivity contribution is 6.09. The van der Waals surface area contributed by atoms with Gasteiger partial charge in [-0.15, -0.1) is 0 Å². The number of carbonyl (C=O) groups excluding carboxylic acids is 2. The quantitative estimate of drug-likeness (QED) is 0.304. The van der Waals surface area contributed by atoms with Crippen molar-refractivity contribution in [2.75, 3.05) is 24.7 Å². The third-order valence-corrected chi connectivity index (χ3v) is 7.21. The van der Waals surface area contributed by atoms with Crippen LogP contribution in [0.25, 0.3) is 0 Å². The first-order valence-electron chi connectivity index (χ1n) is 13.7. The van der Waals surface area contributed by atoms with E-state index in [0.717, 1.165) is 11.1 Å². The van der Waals surface area contributed by atoms with Gasteiger partial charge in [-0.2, -0.15) is 0 Å². The molecule has 1 atom stereocenters. The summed E-state index contributed by atoms with van der Waals surface area (Å²) in [5.74, 6) is -1.31. The van der Waals surface area contributed by atoms with E-state index in [1.807, 2.05) is 12.1 Å². The zero-order chi connectivity index (χ0) is 29.9. The van der Waals surface area contributed by atoms with Crippen molar-refractivity contribution in [3.8, 4) is 0 Å². The molecule has 0 spiro atoms. The molecule has 2 amide bonds. The summed E-state index contributed by atoms with van der Waals surface area (Å²) in [6.07, 6.45) is 3.51. The minimum absolute atomic E-state index is 0.0276. The van der Waals surface area contributed by atoms with E-state index in [0.29, 0.717) is 17.7 Å². The number of nitrogens with zero attached hydrogens (tertiary/aromatic N) is 3. The number of aromatic nitrogens is 2. The molecular weight excluding hydrogens is 539 g/mol. The Bertz CT molecular complexity index is 1550. The SMILES string of the molecule is CC(C)(C)c1ccc(N(C(=O)c2cc(C3(O)COC3)on2)C(C(=O)NCCc2cccc(F)c2)c2cccnc2)cc1. The van der Waals surface area contributed by atoms with E-state index in [9.17, 15) is 19.1 Å². The van der Waals surface area contributed by atoms with E-state index in [1.54, 1.807) is 42.6 Å². The fourth-order valence-corrected chi connectivity index (χ4v) is 4.74. The minimum Gasteiger partial charge on any atom is -0.377 e. The molecule has 1 fully saturated rings. The first kappa shape index (κ1) is 29.1. The van der Waals surface area contributed by atoms with Crippen LogP contribution in [0.15, 0.2) is 83.6 Å².